The highest BCUT2D eigenvalue weighted by molar-refractivity contribution is 5.93. The Labute approximate surface area is 224 Å². The molecule has 1 fully saturated rings. The van der Waals surface area contributed by atoms with E-state index in [0.717, 1.165) is 16.0 Å². The van der Waals surface area contributed by atoms with Crippen LogP contribution in [-0.2, 0) is 14.3 Å². The number of hydrogen-bond donors (Lipinski definition) is 1. The predicted molar refractivity (Wildman–Crippen MR) is 145 cm³/mol. The first-order chi connectivity index (χ1) is 17.8. The molecule has 38 heavy (non-hydrogen) atoms. The number of carbonyl (C=O) groups is 3. The normalized spacial score (nSPS) is 17.6. The van der Waals surface area contributed by atoms with Crippen molar-refractivity contribution in [2.45, 2.75) is 71.2 Å². The van der Waals surface area contributed by atoms with Crippen molar-refractivity contribution in [3.63, 3.8) is 0 Å². The SMILES string of the molecule is CC(C)(C)OC(=O)N1C[C@H](N(C(=O)CN)C(=O)OC(C)(C)C)C[C@H]1COc1cccc(-c2ccccc2)c1. The van der Waals surface area contributed by atoms with Crippen LogP contribution < -0.4 is 10.5 Å². The summed E-state index contributed by atoms with van der Waals surface area (Å²) in [5.74, 6) is 0.0616. The van der Waals surface area contributed by atoms with Crippen molar-refractivity contribution in [2.75, 3.05) is 19.7 Å². The van der Waals surface area contributed by atoms with Gasteiger partial charge in [0.15, 0.2) is 0 Å². The number of likely N-dealkylation sites (tertiary alicyclic amines) is 1. The molecule has 1 heterocycles. The Morgan fingerprint density at radius 2 is 1.55 bits per heavy atom. The van der Waals surface area contributed by atoms with Gasteiger partial charge in [-0.3, -0.25) is 9.69 Å². The topological polar surface area (TPSA) is 111 Å². The van der Waals surface area contributed by atoms with Crippen LogP contribution in [0.4, 0.5) is 9.59 Å². The molecule has 3 rings (SSSR count). The molecule has 0 spiro atoms. The summed E-state index contributed by atoms with van der Waals surface area (Å²) in [4.78, 5) is 41.4. The molecule has 1 saturated heterocycles. The number of amides is 3. The molecular weight excluding hydrogens is 486 g/mol. The molecule has 1 aliphatic rings. The van der Waals surface area contributed by atoms with Crippen LogP contribution in [0.3, 0.4) is 0 Å². The molecule has 9 heteroatoms. The molecule has 0 bridgehead atoms. The van der Waals surface area contributed by atoms with Gasteiger partial charge in [0, 0.05) is 6.54 Å². The van der Waals surface area contributed by atoms with E-state index in [9.17, 15) is 14.4 Å². The molecular formula is C29H39N3O6. The van der Waals surface area contributed by atoms with Crippen LogP contribution in [0.15, 0.2) is 54.6 Å². The Kier molecular flexibility index (Phi) is 9.04. The van der Waals surface area contributed by atoms with E-state index >= 15 is 0 Å². The van der Waals surface area contributed by atoms with Crippen molar-refractivity contribution < 1.29 is 28.6 Å². The summed E-state index contributed by atoms with van der Waals surface area (Å²) >= 11 is 0. The maximum Gasteiger partial charge on any atom is 0.417 e. The van der Waals surface area contributed by atoms with E-state index < -0.39 is 41.4 Å². The van der Waals surface area contributed by atoms with Crippen LogP contribution in [0.5, 0.6) is 5.75 Å². The van der Waals surface area contributed by atoms with Crippen molar-refractivity contribution >= 4 is 18.1 Å². The average Bonchev–Trinajstić information content (AvgIpc) is 3.25. The quantitative estimate of drug-likeness (QED) is 0.575. The lowest BCUT2D eigenvalue weighted by molar-refractivity contribution is -0.130. The highest BCUT2D eigenvalue weighted by atomic mass is 16.6. The van der Waals surface area contributed by atoms with Gasteiger partial charge in [-0.25, -0.2) is 14.5 Å². The molecule has 2 aromatic rings. The monoisotopic (exact) mass is 525 g/mol. The number of imide groups is 1. The first-order valence-electron chi connectivity index (χ1n) is 12.8. The van der Waals surface area contributed by atoms with Crippen molar-refractivity contribution in [1.82, 2.24) is 9.80 Å². The fourth-order valence-electron chi connectivity index (χ4n) is 4.23. The largest absolute Gasteiger partial charge is 0.491 e. The third kappa shape index (κ3) is 7.95. The van der Waals surface area contributed by atoms with Crippen LogP contribution in [0.1, 0.15) is 48.0 Å². The van der Waals surface area contributed by atoms with Gasteiger partial charge in [-0.15, -0.1) is 0 Å². The van der Waals surface area contributed by atoms with E-state index in [1.54, 1.807) is 41.5 Å². The lowest BCUT2D eigenvalue weighted by Crippen LogP contribution is -2.50. The molecule has 2 aromatic carbocycles. The molecule has 0 saturated carbocycles. The van der Waals surface area contributed by atoms with E-state index in [-0.39, 0.29) is 19.7 Å². The van der Waals surface area contributed by atoms with Gasteiger partial charge in [0.25, 0.3) is 0 Å². The molecule has 3 amide bonds. The molecule has 9 nitrogen and oxygen atoms in total. The van der Waals surface area contributed by atoms with Crippen LogP contribution in [0.2, 0.25) is 0 Å². The Hall–Kier alpha value is -3.59. The zero-order valence-electron chi connectivity index (χ0n) is 23.1. The maximum absolute atomic E-state index is 13.1. The molecule has 1 aliphatic heterocycles. The zero-order valence-corrected chi connectivity index (χ0v) is 23.1. The Morgan fingerprint density at radius 1 is 0.921 bits per heavy atom. The molecule has 2 atom stereocenters. The zero-order chi connectivity index (χ0) is 28.1. The second kappa shape index (κ2) is 11.9. The molecule has 0 radical (unpaired) electrons. The predicted octanol–water partition coefficient (Wildman–Crippen LogP) is 4.83. The Balaban J connectivity index is 1.82. The number of benzene rings is 2. The number of nitrogens with two attached hydrogens (primary N) is 1. The smallest absolute Gasteiger partial charge is 0.417 e. The number of ether oxygens (including phenoxy) is 3. The minimum atomic E-state index is -0.806. The van der Waals surface area contributed by atoms with Crippen molar-refractivity contribution in [1.29, 1.82) is 0 Å². The molecule has 0 unspecified atom stereocenters. The summed E-state index contributed by atoms with van der Waals surface area (Å²) in [6, 6.07) is 16.5. The fraction of sp³-hybridized carbons (Fsp3) is 0.483. The highest BCUT2D eigenvalue weighted by Gasteiger charge is 2.44. The number of carbonyl (C=O) groups excluding carboxylic acids is 3. The van der Waals surface area contributed by atoms with Crippen LogP contribution >= 0.6 is 0 Å². The Bertz CT molecular complexity index is 1120. The van der Waals surface area contributed by atoms with Crippen LogP contribution in [0, 0.1) is 0 Å². The summed E-state index contributed by atoms with van der Waals surface area (Å²) in [7, 11) is 0. The molecule has 0 aromatic heterocycles. The van der Waals surface area contributed by atoms with Crippen molar-refractivity contribution in [3.05, 3.63) is 54.6 Å². The minimum absolute atomic E-state index is 0.0813. The van der Waals surface area contributed by atoms with Gasteiger partial charge in [-0.05, 0) is 71.2 Å². The van der Waals surface area contributed by atoms with Crippen LogP contribution in [0.25, 0.3) is 11.1 Å². The van der Waals surface area contributed by atoms with E-state index in [1.165, 1.54) is 4.90 Å². The summed E-state index contributed by atoms with van der Waals surface area (Å²) in [5.41, 5.74) is 6.16. The first kappa shape index (κ1) is 29.0. The number of hydrogen-bond acceptors (Lipinski definition) is 7. The summed E-state index contributed by atoms with van der Waals surface area (Å²) < 4.78 is 17.2. The second-order valence-corrected chi connectivity index (χ2v) is 11.3. The summed E-state index contributed by atoms with van der Waals surface area (Å²) in [5, 5.41) is 0. The third-order valence-corrected chi connectivity index (χ3v) is 5.80. The van der Waals surface area contributed by atoms with Crippen LogP contribution in [-0.4, -0.2) is 70.9 Å². The Morgan fingerprint density at radius 3 is 2.16 bits per heavy atom. The van der Waals surface area contributed by atoms with Gasteiger partial charge in [0.2, 0.25) is 5.91 Å². The van der Waals surface area contributed by atoms with E-state index in [1.807, 2.05) is 54.6 Å². The van der Waals surface area contributed by atoms with Crippen molar-refractivity contribution in [3.8, 4) is 16.9 Å². The highest BCUT2D eigenvalue weighted by Crippen LogP contribution is 2.28. The lowest BCUT2D eigenvalue weighted by atomic mass is 10.1. The number of nitrogens with zero attached hydrogens (tertiary/aromatic N) is 2. The molecule has 2 N–H and O–H groups in total. The van der Waals surface area contributed by atoms with Gasteiger partial charge in [0.1, 0.15) is 23.6 Å². The molecule has 206 valence electrons. The summed E-state index contributed by atoms with van der Waals surface area (Å²) in [6.07, 6.45) is -1.04. The minimum Gasteiger partial charge on any atom is -0.491 e. The first-order valence-corrected chi connectivity index (χ1v) is 12.8. The van der Waals surface area contributed by atoms with Gasteiger partial charge in [0.05, 0.1) is 18.6 Å². The van der Waals surface area contributed by atoms with Crippen molar-refractivity contribution in [2.24, 2.45) is 5.73 Å². The van der Waals surface area contributed by atoms with Gasteiger partial charge in [-0.2, -0.15) is 0 Å². The summed E-state index contributed by atoms with van der Waals surface area (Å²) in [6.45, 7) is 10.4. The van der Waals surface area contributed by atoms with E-state index in [0.29, 0.717) is 12.2 Å². The van der Waals surface area contributed by atoms with Gasteiger partial charge < -0.3 is 19.9 Å². The van der Waals surface area contributed by atoms with E-state index in [4.69, 9.17) is 19.9 Å². The van der Waals surface area contributed by atoms with Gasteiger partial charge in [-0.1, -0.05) is 42.5 Å². The van der Waals surface area contributed by atoms with E-state index in [2.05, 4.69) is 0 Å². The average molecular weight is 526 g/mol. The number of rotatable bonds is 6. The molecule has 0 aliphatic carbocycles. The maximum atomic E-state index is 13.1. The second-order valence-electron chi connectivity index (χ2n) is 11.3. The van der Waals surface area contributed by atoms with Gasteiger partial charge >= 0.3 is 12.2 Å². The standard InChI is InChI=1S/C29H39N3O6/c1-28(2,3)37-26(34)31-18-22(32(25(33)17-30)27(35)38-29(4,5)6)16-23(31)19-36-24-14-10-13-21(15-24)20-11-8-7-9-12-20/h7-15,22-23H,16-19,30H2,1-6H3/t22-,23+/m1/s1. The third-order valence-electron chi connectivity index (χ3n) is 5.80. The fourth-order valence-corrected chi connectivity index (χ4v) is 4.23. The lowest BCUT2D eigenvalue weighted by Gasteiger charge is -2.30.